The number of carbonyl (C=O) groups is 1. The highest BCUT2D eigenvalue weighted by atomic mass is 32.2. The van der Waals surface area contributed by atoms with Crippen LogP contribution >= 0.6 is 11.8 Å². The first-order valence-corrected chi connectivity index (χ1v) is 9.21. The normalized spacial score (nSPS) is 11.6. The zero-order chi connectivity index (χ0) is 19.2. The number of nitrogens with one attached hydrogen (secondary N) is 1. The third-order valence-corrected chi connectivity index (χ3v) is 4.94. The topological polar surface area (TPSA) is 70.7 Å². The van der Waals surface area contributed by atoms with E-state index in [4.69, 9.17) is 5.26 Å². The van der Waals surface area contributed by atoms with E-state index in [0.29, 0.717) is 12.1 Å². The van der Waals surface area contributed by atoms with Crippen molar-refractivity contribution in [1.82, 2.24) is 9.78 Å². The van der Waals surface area contributed by atoms with Gasteiger partial charge < -0.3 is 5.32 Å². The van der Waals surface area contributed by atoms with Crippen LogP contribution in [0.25, 0.3) is 5.69 Å². The summed E-state index contributed by atoms with van der Waals surface area (Å²) in [6, 6.07) is 17.3. The van der Waals surface area contributed by atoms with Crippen molar-refractivity contribution in [2.24, 2.45) is 0 Å². The number of nitriles is 1. The fraction of sp³-hybridized carbons (Fsp3) is 0.150. The van der Waals surface area contributed by atoms with Gasteiger partial charge in [-0.2, -0.15) is 10.4 Å². The standard InChI is InChI=1S/C20H17FN4OS/c1-14(10-12-22)27-19-9-5-3-7-16(19)23-20(26)17-11-13-25(24-17)18-8-4-2-6-15(18)21/h2-9,11,13-14H,10H2,1H3,(H,23,26). The molecule has 0 aliphatic heterocycles. The van der Waals surface area contributed by atoms with Gasteiger partial charge in [0.25, 0.3) is 5.91 Å². The molecule has 7 heteroatoms. The van der Waals surface area contributed by atoms with Crippen molar-refractivity contribution in [2.45, 2.75) is 23.5 Å². The summed E-state index contributed by atoms with van der Waals surface area (Å²) < 4.78 is 15.2. The predicted molar refractivity (Wildman–Crippen MR) is 103 cm³/mol. The van der Waals surface area contributed by atoms with Crippen LogP contribution in [0.1, 0.15) is 23.8 Å². The van der Waals surface area contributed by atoms with E-state index in [1.54, 1.807) is 30.5 Å². The second kappa shape index (κ2) is 8.52. The van der Waals surface area contributed by atoms with Gasteiger partial charge in [-0.25, -0.2) is 9.07 Å². The van der Waals surface area contributed by atoms with E-state index >= 15 is 0 Å². The van der Waals surface area contributed by atoms with Crippen molar-refractivity contribution in [3.63, 3.8) is 0 Å². The number of hydrogen-bond acceptors (Lipinski definition) is 4. The van der Waals surface area contributed by atoms with Crippen LogP contribution in [0.15, 0.2) is 65.7 Å². The summed E-state index contributed by atoms with van der Waals surface area (Å²) in [5.41, 5.74) is 1.11. The van der Waals surface area contributed by atoms with Gasteiger partial charge >= 0.3 is 0 Å². The molecule has 1 atom stereocenters. The molecule has 1 unspecified atom stereocenters. The summed E-state index contributed by atoms with van der Waals surface area (Å²) >= 11 is 1.52. The monoisotopic (exact) mass is 380 g/mol. The minimum absolute atomic E-state index is 0.105. The van der Waals surface area contributed by atoms with Crippen LogP contribution in [0.4, 0.5) is 10.1 Å². The van der Waals surface area contributed by atoms with Crippen LogP contribution in [0.2, 0.25) is 0 Å². The molecule has 5 nitrogen and oxygen atoms in total. The number of carbonyl (C=O) groups excluding carboxylic acids is 1. The quantitative estimate of drug-likeness (QED) is 0.632. The molecule has 2 aromatic carbocycles. The average Bonchev–Trinajstić information content (AvgIpc) is 3.14. The third-order valence-electron chi connectivity index (χ3n) is 3.76. The molecule has 3 aromatic rings. The van der Waals surface area contributed by atoms with Crippen LogP contribution < -0.4 is 5.32 Å². The number of thioether (sulfide) groups is 1. The maximum absolute atomic E-state index is 13.9. The predicted octanol–water partition coefficient (Wildman–Crippen LogP) is 4.66. The molecular formula is C20H17FN4OS. The molecule has 1 amide bonds. The summed E-state index contributed by atoms with van der Waals surface area (Å²) in [5.74, 6) is -0.799. The Hall–Kier alpha value is -3.11. The zero-order valence-corrected chi connectivity index (χ0v) is 15.4. The summed E-state index contributed by atoms with van der Waals surface area (Å²) in [6.07, 6.45) is 1.96. The highest BCUT2D eigenvalue weighted by molar-refractivity contribution is 8.00. The Morgan fingerprint density at radius 1 is 1.26 bits per heavy atom. The molecule has 1 aromatic heterocycles. The highest BCUT2D eigenvalue weighted by Crippen LogP contribution is 2.31. The second-order valence-electron chi connectivity index (χ2n) is 5.84. The third kappa shape index (κ3) is 4.54. The highest BCUT2D eigenvalue weighted by Gasteiger charge is 2.15. The van der Waals surface area contributed by atoms with E-state index in [0.717, 1.165) is 4.90 Å². The summed E-state index contributed by atoms with van der Waals surface area (Å²) in [6.45, 7) is 1.96. The molecule has 1 heterocycles. The van der Waals surface area contributed by atoms with Gasteiger partial charge in [-0.3, -0.25) is 4.79 Å². The summed E-state index contributed by atoms with van der Waals surface area (Å²) in [4.78, 5) is 13.4. The Kier molecular flexibility index (Phi) is 5.89. The molecule has 0 radical (unpaired) electrons. The smallest absolute Gasteiger partial charge is 0.276 e. The van der Waals surface area contributed by atoms with Crippen LogP contribution in [-0.2, 0) is 0 Å². The van der Waals surface area contributed by atoms with E-state index < -0.39 is 5.82 Å². The number of halogens is 1. The van der Waals surface area contributed by atoms with Crippen molar-refractivity contribution in [1.29, 1.82) is 5.26 Å². The van der Waals surface area contributed by atoms with Crippen molar-refractivity contribution in [3.05, 3.63) is 72.3 Å². The summed E-state index contributed by atoms with van der Waals surface area (Å²) in [7, 11) is 0. The molecular weight excluding hydrogens is 363 g/mol. The number of hydrogen-bond donors (Lipinski definition) is 1. The molecule has 0 spiro atoms. The van der Waals surface area contributed by atoms with Crippen molar-refractivity contribution in [2.75, 3.05) is 5.32 Å². The van der Waals surface area contributed by atoms with Gasteiger partial charge in [0, 0.05) is 22.8 Å². The molecule has 0 saturated carbocycles. The number of anilines is 1. The number of aromatic nitrogens is 2. The zero-order valence-electron chi connectivity index (χ0n) is 14.6. The van der Waals surface area contributed by atoms with Gasteiger partial charge in [-0.15, -0.1) is 11.8 Å². The van der Waals surface area contributed by atoms with Crippen LogP contribution in [-0.4, -0.2) is 20.9 Å². The first kappa shape index (κ1) is 18.7. The molecule has 136 valence electrons. The molecule has 0 aliphatic carbocycles. The van der Waals surface area contributed by atoms with E-state index in [9.17, 15) is 9.18 Å². The largest absolute Gasteiger partial charge is 0.320 e. The fourth-order valence-corrected chi connectivity index (χ4v) is 3.46. The van der Waals surface area contributed by atoms with Crippen LogP contribution in [0.5, 0.6) is 0 Å². The van der Waals surface area contributed by atoms with Crippen molar-refractivity contribution >= 4 is 23.4 Å². The Morgan fingerprint density at radius 2 is 2.00 bits per heavy atom. The number of amides is 1. The minimum atomic E-state index is -0.416. The molecule has 0 fully saturated rings. The average molecular weight is 380 g/mol. The lowest BCUT2D eigenvalue weighted by Crippen LogP contribution is -2.14. The number of nitrogens with zero attached hydrogens (tertiary/aromatic N) is 3. The van der Waals surface area contributed by atoms with Gasteiger partial charge in [-0.05, 0) is 30.3 Å². The van der Waals surface area contributed by atoms with E-state index in [-0.39, 0.29) is 22.5 Å². The van der Waals surface area contributed by atoms with Crippen LogP contribution in [0.3, 0.4) is 0 Å². The minimum Gasteiger partial charge on any atom is -0.320 e. The Bertz CT molecular complexity index is 995. The molecule has 3 rings (SSSR count). The number of rotatable bonds is 6. The second-order valence-corrected chi connectivity index (χ2v) is 7.32. The fourth-order valence-electron chi connectivity index (χ4n) is 2.46. The van der Waals surface area contributed by atoms with Gasteiger partial charge in [0.15, 0.2) is 5.69 Å². The van der Waals surface area contributed by atoms with Crippen molar-refractivity contribution < 1.29 is 9.18 Å². The Morgan fingerprint density at radius 3 is 2.78 bits per heavy atom. The van der Waals surface area contributed by atoms with Gasteiger partial charge in [-0.1, -0.05) is 31.2 Å². The van der Waals surface area contributed by atoms with Crippen LogP contribution in [0, 0.1) is 17.1 Å². The summed E-state index contributed by atoms with van der Waals surface area (Å²) in [5, 5.41) is 15.9. The molecule has 0 saturated heterocycles. The SMILES string of the molecule is CC(CC#N)Sc1ccccc1NC(=O)c1ccn(-c2ccccc2F)n1. The number of benzene rings is 2. The van der Waals surface area contributed by atoms with Crippen molar-refractivity contribution in [3.8, 4) is 11.8 Å². The molecule has 0 aliphatic rings. The lowest BCUT2D eigenvalue weighted by atomic mass is 10.3. The van der Waals surface area contributed by atoms with E-state index in [1.807, 2.05) is 25.1 Å². The molecule has 0 bridgehead atoms. The lowest BCUT2D eigenvalue weighted by molar-refractivity contribution is 0.102. The Balaban J connectivity index is 1.77. The van der Waals surface area contributed by atoms with Gasteiger partial charge in [0.2, 0.25) is 0 Å². The van der Waals surface area contributed by atoms with E-state index in [1.165, 1.54) is 28.6 Å². The number of para-hydroxylation sites is 2. The Labute approximate surface area is 160 Å². The van der Waals surface area contributed by atoms with E-state index in [2.05, 4.69) is 16.5 Å². The maximum atomic E-state index is 13.9. The maximum Gasteiger partial charge on any atom is 0.276 e. The first-order chi connectivity index (χ1) is 13.1. The lowest BCUT2D eigenvalue weighted by Gasteiger charge is -2.12. The molecule has 1 N–H and O–H groups in total. The van der Waals surface area contributed by atoms with Gasteiger partial charge in [0.1, 0.15) is 11.5 Å². The van der Waals surface area contributed by atoms with Gasteiger partial charge in [0.05, 0.1) is 11.8 Å². The first-order valence-electron chi connectivity index (χ1n) is 8.33. The molecule has 27 heavy (non-hydrogen) atoms.